The summed E-state index contributed by atoms with van der Waals surface area (Å²) in [6, 6.07) is 0. The highest BCUT2D eigenvalue weighted by Gasteiger charge is 2.21. The van der Waals surface area contributed by atoms with E-state index in [1.165, 1.54) is 0 Å². The molecule has 0 aromatic carbocycles. The maximum atomic E-state index is 11.1. The fourth-order valence-electron chi connectivity index (χ4n) is 1.40. The Morgan fingerprint density at radius 3 is 3.09 bits per heavy atom. The number of piperidine rings is 1. The molecule has 1 aliphatic heterocycles. The summed E-state index contributed by atoms with van der Waals surface area (Å²) in [4.78, 5) is 11.1. The topological polar surface area (TPSA) is 53.0 Å². The molecule has 0 aliphatic carbocycles. The minimum Gasteiger partial charge on any atom is -0.356 e. The third-order valence-electron chi connectivity index (χ3n) is 1.95. The van der Waals surface area contributed by atoms with E-state index in [2.05, 4.69) is 5.32 Å². The molecular weight excluding hydrogens is 140 g/mol. The monoisotopic (exact) mass is 154 g/mol. The molecule has 0 radical (unpaired) electrons. The Bertz CT molecular complexity index is 177. The van der Waals surface area contributed by atoms with Crippen LogP contribution in [0.3, 0.4) is 0 Å². The zero-order chi connectivity index (χ0) is 8.27. The number of amides is 1. The fraction of sp³-hybridized carbons (Fsp3) is 0.750. The molecule has 1 aliphatic rings. The molecule has 0 saturated carbocycles. The van der Waals surface area contributed by atoms with Crippen LogP contribution < -0.4 is 5.32 Å². The second kappa shape index (κ2) is 3.51. The van der Waals surface area contributed by atoms with Crippen molar-refractivity contribution >= 4 is 11.6 Å². The van der Waals surface area contributed by atoms with Gasteiger partial charge in [-0.05, 0) is 26.2 Å². The molecule has 1 rings (SSSR count). The van der Waals surface area contributed by atoms with Crippen LogP contribution in [0, 0.1) is 11.3 Å². The summed E-state index contributed by atoms with van der Waals surface area (Å²) >= 11 is 0. The van der Waals surface area contributed by atoms with Gasteiger partial charge in [-0.3, -0.25) is 4.79 Å². The highest BCUT2D eigenvalue weighted by molar-refractivity contribution is 5.87. The van der Waals surface area contributed by atoms with E-state index in [-0.39, 0.29) is 11.8 Å². The molecule has 1 unspecified atom stereocenters. The Balaban J connectivity index is 2.42. The number of hydrogen-bond donors (Lipinski definition) is 2. The second-order valence-corrected chi connectivity index (χ2v) is 3.11. The Morgan fingerprint density at radius 2 is 2.55 bits per heavy atom. The molecule has 62 valence electrons. The number of nitrogens with one attached hydrogen (secondary N) is 2. The summed E-state index contributed by atoms with van der Waals surface area (Å²) in [5.74, 6) is 0.198. The molecule has 0 aromatic rings. The van der Waals surface area contributed by atoms with E-state index in [9.17, 15) is 4.79 Å². The SMILES string of the molecule is CC(=N)CC1CCCNC1=O. The van der Waals surface area contributed by atoms with Gasteiger partial charge < -0.3 is 10.7 Å². The molecule has 1 saturated heterocycles. The van der Waals surface area contributed by atoms with E-state index in [4.69, 9.17) is 5.41 Å². The minimum atomic E-state index is 0.0706. The van der Waals surface area contributed by atoms with Crippen LogP contribution in [0.25, 0.3) is 0 Å². The maximum absolute atomic E-state index is 11.1. The van der Waals surface area contributed by atoms with Gasteiger partial charge in [0.2, 0.25) is 5.91 Å². The highest BCUT2D eigenvalue weighted by Crippen LogP contribution is 2.15. The lowest BCUT2D eigenvalue weighted by Crippen LogP contribution is -2.37. The second-order valence-electron chi connectivity index (χ2n) is 3.11. The largest absolute Gasteiger partial charge is 0.356 e. The minimum absolute atomic E-state index is 0.0706. The van der Waals surface area contributed by atoms with Gasteiger partial charge in [-0.15, -0.1) is 0 Å². The summed E-state index contributed by atoms with van der Waals surface area (Å²) in [6.45, 7) is 2.56. The Labute approximate surface area is 66.7 Å². The average Bonchev–Trinajstić information content (AvgIpc) is 1.93. The van der Waals surface area contributed by atoms with Gasteiger partial charge in [0.05, 0.1) is 0 Å². The van der Waals surface area contributed by atoms with E-state index in [1.54, 1.807) is 6.92 Å². The normalized spacial score (nSPS) is 24.5. The fourth-order valence-corrected chi connectivity index (χ4v) is 1.40. The Morgan fingerprint density at radius 1 is 1.82 bits per heavy atom. The van der Waals surface area contributed by atoms with Gasteiger partial charge >= 0.3 is 0 Å². The quantitative estimate of drug-likeness (QED) is 0.571. The maximum Gasteiger partial charge on any atom is 0.223 e. The Kier molecular flexibility index (Phi) is 2.63. The lowest BCUT2D eigenvalue weighted by molar-refractivity contribution is -0.126. The van der Waals surface area contributed by atoms with Crippen LogP contribution in [0.1, 0.15) is 26.2 Å². The van der Waals surface area contributed by atoms with Crippen LogP contribution >= 0.6 is 0 Å². The molecule has 1 fully saturated rings. The number of hydrogen-bond acceptors (Lipinski definition) is 2. The van der Waals surface area contributed by atoms with Gasteiger partial charge in [-0.2, -0.15) is 0 Å². The van der Waals surface area contributed by atoms with Crippen LogP contribution in [-0.2, 0) is 4.79 Å². The van der Waals surface area contributed by atoms with Gasteiger partial charge in [0.25, 0.3) is 0 Å². The van der Waals surface area contributed by atoms with Gasteiger partial charge in [0, 0.05) is 18.2 Å². The number of carbonyl (C=O) groups is 1. The molecule has 1 amide bonds. The van der Waals surface area contributed by atoms with E-state index < -0.39 is 0 Å². The summed E-state index contributed by atoms with van der Waals surface area (Å²) in [5, 5.41) is 10.0. The third-order valence-corrected chi connectivity index (χ3v) is 1.95. The summed E-state index contributed by atoms with van der Waals surface area (Å²) < 4.78 is 0. The van der Waals surface area contributed by atoms with Crippen LogP contribution in [0.15, 0.2) is 0 Å². The van der Waals surface area contributed by atoms with Crippen molar-refractivity contribution in [1.29, 1.82) is 5.41 Å². The molecule has 0 aromatic heterocycles. The van der Waals surface area contributed by atoms with Gasteiger partial charge in [0.1, 0.15) is 0 Å². The van der Waals surface area contributed by atoms with E-state index in [1.807, 2.05) is 0 Å². The summed E-state index contributed by atoms with van der Waals surface area (Å²) in [7, 11) is 0. The van der Waals surface area contributed by atoms with Crippen molar-refractivity contribution in [3.05, 3.63) is 0 Å². The molecule has 3 nitrogen and oxygen atoms in total. The van der Waals surface area contributed by atoms with Crippen molar-refractivity contribution in [2.75, 3.05) is 6.54 Å². The standard InChI is InChI=1S/C8H14N2O/c1-6(9)5-7-3-2-4-10-8(7)11/h7,9H,2-5H2,1H3,(H,10,11). The molecule has 11 heavy (non-hydrogen) atoms. The van der Waals surface area contributed by atoms with Gasteiger partial charge in [-0.1, -0.05) is 0 Å². The molecule has 1 heterocycles. The van der Waals surface area contributed by atoms with Crippen LogP contribution in [0.5, 0.6) is 0 Å². The van der Waals surface area contributed by atoms with Crippen LogP contribution in [-0.4, -0.2) is 18.2 Å². The predicted molar refractivity (Wildman–Crippen MR) is 43.8 cm³/mol. The molecular formula is C8H14N2O. The molecule has 2 N–H and O–H groups in total. The van der Waals surface area contributed by atoms with Gasteiger partial charge in [-0.25, -0.2) is 0 Å². The first kappa shape index (κ1) is 8.24. The van der Waals surface area contributed by atoms with Crippen molar-refractivity contribution < 1.29 is 4.79 Å². The third kappa shape index (κ3) is 2.33. The average molecular weight is 154 g/mol. The smallest absolute Gasteiger partial charge is 0.223 e. The van der Waals surface area contributed by atoms with Crippen molar-refractivity contribution in [3.8, 4) is 0 Å². The van der Waals surface area contributed by atoms with E-state index in [0.29, 0.717) is 12.1 Å². The van der Waals surface area contributed by atoms with Crippen LogP contribution in [0.2, 0.25) is 0 Å². The van der Waals surface area contributed by atoms with Crippen LogP contribution in [0.4, 0.5) is 0 Å². The first-order chi connectivity index (χ1) is 5.20. The summed E-state index contributed by atoms with van der Waals surface area (Å²) in [5.41, 5.74) is 0.604. The Hall–Kier alpha value is -0.860. The first-order valence-electron chi connectivity index (χ1n) is 4.02. The predicted octanol–water partition coefficient (Wildman–Crippen LogP) is 0.942. The molecule has 3 heteroatoms. The summed E-state index contributed by atoms with van der Waals surface area (Å²) in [6.07, 6.45) is 2.64. The molecule has 1 atom stereocenters. The van der Waals surface area contributed by atoms with Crippen molar-refractivity contribution in [2.45, 2.75) is 26.2 Å². The van der Waals surface area contributed by atoms with E-state index in [0.717, 1.165) is 19.4 Å². The van der Waals surface area contributed by atoms with Gasteiger partial charge in [0.15, 0.2) is 0 Å². The number of carbonyl (C=O) groups excluding carboxylic acids is 1. The molecule has 0 bridgehead atoms. The zero-order valence-corrected chi connectivity index (χ0v) is 6.81. The van der Waals surface area contributed by atoms with Crippen molar-refractivity contribution in [2.24, 2.45) is 5.92 Å². The lowest BCUT2D eigenvalue weighted by Gasteiger charge is -2.20. The lowest BCUT2D eigenvalue weighted by atomic mass is 9.93. The van der Waals surface area contributed by atoms with Crippen molar-refractivity contribution in [3.63, 3.8) is 0 Å². The zero-order valence-electron chi connectivity index (χ0n) is 6.81. The van der Waals surface area contributed by atoms with E-state index >= 15 is 0 Å². The molecule has 0 spiro atoms. The first-order valence-corrected chi connectivity index (χ1v) is 4.02. The highest BCUT2D eigenvalue weighted by atomic mass is 16.1. The number of rotatable bonds is 2. The van der Waals surface area contributed by atoms with Crippen molar-refractivity contribution in [1.82, 2.24) is 5.32 Å².